The largest absolute Gasteiger partial charge is 0.398 e. The summed E-state index contributed by atoms with van der Waals surface area (Å²) < 4.78 is 1.80. The maximum Gasteiger partial charge on any atom is 0.0568 e. The maximum absolute atomic E-state index is 5.81. The van der Waals surface area contributed by atoms with E-state index < -0.39 is 0 Å². The lowest BCUT2D eigenvalue weighted by atomic mass is 10.2. The molecule has 1 aromatic rings. The molecule has 0 atom stereocenters. The molecule has 0 fully saturated rings. The lowest BCUT2D eigenvalue weighted by Gasteiger charge is -2.03. The molecule has 2 N–H and O–H groups in total. The first-order valence-corrected chi connectivity index (χ1v) is 5.64. The van der Waals surface area contributed by atoms with Crippen LogP contribution >= 0.6 is 50.1 Å². The van der Waals surface area contributed by atoms with Crippen molar-refractivity contribution >= 4 is 55.8 Å². The van der Waals surface area contributed by atoms with Crippen molar-refractivity contribution in [2.75, 3.05) is 5.73 Å². The zero-order valence-electron chi connectivity index (χ0n) is 5.57. The van der Waals surface area contributed by atoms with Gasteiger partial charge in [-0.05, 0) is 33.6 Å². The molecular weight excluding hydrogens is 340 g/mol. The van der Waals surface area contributed by atoms with Gasteiger partial charge in [-0.1, -0.05) is 34.2 Å². The molecule has 0 amide bonds. The van der Waals surface area contributed by atoms with Gasteiger partial charge < -0.3 is 5.73 Å². The molecule has 0 aliphatic rings. The van der Waals surface area contributed by atoms with Crippen LogP contribution in [0.1, 0.15) is 5.56 Å². The number of hydrogen-bond acceptors (Lipinski definition) is 1. The van der Waals surface area contributed by atoms with Crippen molar-refractivity contribution < 1.29 is 0 Å². The van der Waals surface area contributed by atoms with Crippen LogP contribution in [0.4, 0.5) is 5.69 Å². The van der Waals surface area contributed by atoms with E-state index in [9.17, 15) is 0 Å². The maximum atomic E-state index is 5.81. The minimum Gasteiger partial charge on any atom is -0.398 e. The predicted octanol–water partition coefficient (Wildman–Crippen LogP) is 3.62. The van der Waals surface area contributed by atoms with Crippen molar-refractivity contribution in [3.8, 4) is 0 Å². The summed E-state index contributed by atoms with van der Waals surface area (Å²) in [4.78, 5) is 0. The molecule has 0 saturated carbocycles. The van der Waals surface area contributed by atoms with Crippen LogP contribution in [0.3, 0.4) is 0 Å². The van der Waals surface area contributed by atoms with Crippen molar-refractivity contribution in [3.63, 3.8) is 0 Å². The summed E-state index contributed by atoms with van der Waals surface area (Å²) in [5.41, 5.74) is 7.56. The lowest BCUT2D eigenvalue weighted by molar-refractivity contribution is 1.44. The highest BCUT2D eigenvalue weighted by atomic mass is 127. The molecule has 0 aliphatic carbocycles. The van der Waals surface area contributed by atoms with Crippen molar-refractivity contribution in [3.05, 3.63) is 27.2 Å². The van der Waals surface area contributed by atoms with E-state index in [0.29, 0.717) is 5.02 Å². The number of alkyl halides is 1. The molecule has 0 aliphatic heterocycles. The second-order valence-electron chi connectivity index (χ2n) is 2.10. The number of anilines is 1. The van der Waals surface area contributed by atoms with Crippen LogP contribution < -0.4 is 5.73 Å². The number of hydrogen-bond donors (Lipinski definition) is 1. The highest BCUT2D eigenvalue weighted by Gasteiger charge is 2.02. The van der Waals surface area contributed by atoms with Crippen LogP contribution in [-0.4, -0.2) is 0 Å². The first-order chi connectivity index (χ1) is 5.15. The van der Waals surface area contributed by atoms with E-state index in [1.54, 1.807) is 6.07 Å². The summed E-state index contributed by atoms with van der Waals surface area (Å²) in [5.74, 6) is 0. The fraction of sp³-hybridized carbons (Fsp3) is 0.143. The van der Waals surface area contributed by atoms with Gasteiger partial charge in [-0.15, -0.1) is 0 Å². The molecule has 0 aromatic heterocycles. The Labute approximate surface area is 92.6 Å². The molecular formula is C7H6BrClIN. The predicted molar refractivity (Wildman–Crippen MR) is 61.3 cm³/mol. The lowest BCUT2D eigenvalue weighted by Crippen LogP contribution is -1.91. The molecule has 0 heterocycles. The Balaban J connectivity index is 3.21. The first-order valence-electron chi connectivity index (χ1n) is 2.94. The molecule has 4 heteroatoms. The van der Waals surface area contributed by atoms with Gasteiger partial charge in [0.15, 0.2) is 0 Å². The second-order valence-corrected chi connectivity index (χ2v) is 4.12. The molecule has 0 bridgehead atoms. The van der Waals surface area contributed by atoms with Gasteiger partial charge in [-0.3, -0.25) is 0 Å². The molecule has 0 unspecified atom stereocenters. The van der Waals surface area contributed by atoms with Gasteiger partial charge in [-0.2, -0.15) is 0 Å². The quantitative estimate of drug-likeness (QED) is 0.469. The smallest absolute Gasteiger partial charge is 0.0568 e. The molecule has 0 radical (unpaired) electrons. The molecule has 1 aromatic carbocycles. The average molecular weight is 346 g/mol. The third kappa shape index (κ3) is 2.23. The highest BCUT2D eigenvalue weighted by Crippen LogP contribution is 2.28. The fourth-order valence-corrected chi connectivity index (χ4v) is 1.94. The zero-order chi connectivity index (χ0) is 8.43. The standard InChI is InChI=1S/C7H6BrClIN/c8-5-1-4(3-10)7(11)2-6(5)9/h1-2H,3,11H2. The van der Waals surface area contributed by atoms with Crippen LogP contribution in [0, 0.1) is 0 Å². The molecule has 0 spiro atoms. The van der Waals surface area contributed by atoms with Gasteiger partial charge in [-0.25, -0.2) is 0 Å². The zero-order valence-corrected chi connectivity index (χ0v) is 10.1. The van der Waals surface area contributed by atoms with Gasteiger partial charge >= 0.3 is 0 Å². The van der Waals surface area contributed by atoms with E-state index >= 15 is 0 Å². The Hall–Kier alpha value is 0.520. The summed E-state index contributed by atoms with van der Waals surface area (Å²) in [5, 5.41) is 0.663. The summed E-state index contributed by atoms with van der Waals surface area (Å²) in [6, 6.07) is 3.71. The summed E-state index contributed by atoms with van der Waals surface area (Å²) in [7, 11) is 0. The van der Waals surface area contributed by atoms with Crippen molar-refractivity contribution in [1.29, 1.82) is 0 Å². The Morgan fingerprint density at radius 2 is 2.18 bits per heavy atom. The van der Waals surface area contributed by atoms with Crippen LogP contribution in [0.15, 0.2) is 16.6 Å². The van der Waals surface area contributed by atoms with E-state index in [0.717, 1.165) is 20.2 Å². The van der Waals surface area contributed by atoms with Crippen molar-refractivity contribution in [2.24, 2.45) is 0 Å². The number of rotatable bonds is 1. The van der Waals surface area contributed by atoms with Crippen molar-refractivity contribution in [2.45, 2.75) is 4.43 Å². The Morgan fingerprint density at radius 3 is 2.73 bits per heavy atom. The Bertz CT molecular complexity index is 277. The van der Waals surface area contributed by atoms with Gasteiger partial charge in [0.2, 0.25) is 0 Å². The van der Waals surface area contributed by atoms with E-state index in [4.69, 9.17) is 17.3 Å². The third-order valence-electron chi connectivity index (χ3n) is 1.33. The minimum atomic E-state index is 0.663. The van der Waals surface area contributed by atoms with Crippen LogP contribution in [0.25, 0.3) is 0 Å². The van der Waals surface area contributed by atoms with Crippen molar-refractivity contribution in [1.82, 2.24) is 0 Å². The average Bonchev–Trinajstić information content (AvgIpc) is 1.97. The topological polar surface area (TPSA) is 26.0 Å². The number of nitrogen functional groups attached to an aromatic ring is 1. The van der Waals surface area contributed by atoms with Crippen LogP contribution in [0.5, 0.6) is 0 Å². The Morgan fingerprint density at radius 1 is 1.55 bits per heavy atom. The minimum absolute atomic E-state index is 0.663. The third-order valence-corrected chi connectivity index (χ3v) is 3.34. The monoisotopic (exact) mass is 345 g/mol. The van der Waals surface area contributed by atoms with Crippen LogP contribution in [0.2, 0.25) is 5.02 Å². The van der Waals surface area contributed by atoms with Gasteiger partial charge in [0.05, 0.1) is 5.02 Å². The Kier molecular flexibility index (Phi) is 3.46. The number of nitrogens with two attached hydrogens (primary N) is 1. The summed E-state index contributed by atoms with van der Waals surface area (Å²) in [6.07, 6.45) is 0. The molecule has 1 nitrogen and oxygen atoms in total. The molecule has 11 heavy (non-hydrogen) atoms. The molecule has 60 valence electrons. The normalized spacial score (nSPS) is 10.1. The fourth-order valence-electron chi connectivity index (χ4n) is 0.719. The van der Waals surface area contributed by atoms with Gasteiger partial charge in [0.25, 0.3) is 0 Å². The summed E-state index contributed by atoms with van der Waals surface area (Å²) in [6.45, 7) is 0. The number of benzene rings is 1. The SMILES string of the molecule is Nc1cc(Cl)c(Br)cc1CI. The second kappa shape index (κ2) is 3.96. The highest BCUT2D eigenvalue weighted by molar-refractivity contribution is 14.1. The van der Waals surface area contributed by atoms with E-state index in [1.807, 2.05) is 6.07 Å². The van der Waals surface area contributed by atoms with Gasteiger partial charge in [0, 0.05) is 14.6 Å². The van der Waals surface area contributed by atoms with Gasteiger partial charge in [0.1, 0.15) is 0 Å². The van der Waals surface area contributed by atoms with Crippen LogP contribution in [-0.2, 0) is 4.43 Å². The van der Waals surface area contributed by atoms with E-state index in [2.05, 4.69) is 38.5 Å². The molecule has 0 saturated heterocycles. The number of halogens is 3. The first kappa shape index (κ1) is 9.61. The molecule has 1 rings (SSSR count). The summed E-state index contributed by atoms with van der Waals surface area (Å²) >= 11 is 11.4. The van der Waals surface area contributed by atoms with E-state index in [-0.39, 0.29) is 0 Å². The van der Waals surface area contributed by atoms with E-state index in [1.165, 1.54) is 0 Å².